The van der Waals surface area contributed by atoms with Gasteiger partial charge in [0.15, 0.2) is 0 Å². The van der Waals surface area contributed by atoms with Crippen molar-refractivity contribution in [3.63, 3.8) is 0 Å². The Morgan fingerprint density at radius 1 is 1.23 bits per heavy atom. The van der Waals surface area contributed by atoms with Crippen molar-refractivity contribution < 1.29 is 4.79 Å². The largest absolute Gasteiger partial charge is 0.299 e. The number of hydrogen-bond donors (Lipinski definition) is 0. The minimum absolute atomic E-state index is 0.366. The van der Waals surface area contributed by atoms with Crippen molar-refractivity contribution in [2.45, 2.75) is 51.4 Å². The van der Waals surface area contributed by atoms with Crippen molar-refractivity contribution in [3.05, 3.63) is 0 Å². The Bertz CT molecular complexity index is 156. The molecule has 1 saturated carbocycles. The van der Waals surface area contributed by atoms with Crippen LogP contribution < -0.4 is 0 Å². The highest BCUT2D eigenvalue weighted by atomic mass is 35.5. The molecule has 1 unspecified atom stereocenters. The van der Waals surface area contributed by atoms with Crippen LogP contribution in [-0.4, -0.2) is 11.7 Å². The van der Waals surface area contributed by atoms with Crippen LogP contribution in [0.1, 0.15) is 51.4 Å². The van der Waals surface area contributed by atoms with Crippen LogP contribution in [0.2, 0.25) is 0 Å². The monoisotopic (exact) mass is 202 g/mol. The Labute approximate surface area is 85.8 Å². The van der Waals surface area contributed by atoms with Crippen LogP contribution in [0.25, 0.3) is 0 Å². The van der Waals surface area contributed by atoms with E-state index in [4.69, 9.17) is 11.6 Å². The lowest BCUT2D eigenvalue weighted by Crippen LogP contribution is -2.12. The van der Waals surface area contributed by atoms with Gasteiger partial charge in [0.05, 0.1) is 0 Å². The van der Waals surface area contributed by atoms with Crippen molar-refractivity contribution >= 4 is 17.4 Å². The fourth-order valence-corrected chi connectivity index (χ4v) is 2.21. The molecule has 0 spiro atoms. The molecule has 1 atom stereocenters. The first-order valence-corrected chi connectivity index (χ1v) is 5.96. The van der Waals surface area contributed by atoms with Crippen LogP contribution in [0.3, 0.4) is 0 Å². The first-order valence-electron chi connectivity index (χ1n) is 5.43. The second kappa shape index (κ2) is 6.42. The molecule has 0 amide bonds. The average molecular weight is 203 g/mol. The third-order valence-corrected chi connectivity index (χ3v) is 3.13. The fourth-order valence-electron chi connectivity index (χ4n) is 2.02. The van der Waals surface area contributed by atoms with Crippen molar-refractivity contribution in [1.29, 1.82) is 0 Å². The summed E-state index contributed by atoms with van der Waals surface area (Å²) < 4.78 is 0. The standard InChI is InChI=1S/C11H19ClO/c12-9-5-4-7-10-6-2-1-3-8-11(10)13/h10H,1-9H2. The lowest BCUT2D eigenvalue weighted by molar-refractivity contribution is -0.122. The molecule has 1 aliphatic rings. The molecule has 0 aromatic carbocycles. The van der Waals surface area contributed by atoms with E-state index in [0.29, 0.717) is 11.7 Å². The number of Topliss-reactive ketones (excluding diaryl/α,β-unsaturated/α-hetero) is 1. The van der Waals surface area contributed by atoms with Gasteiger partial charge in [0.25, 0.3) is 0 Å². The van der Waals surface area contributed by atoms with Gasteiger partial charge in [0.2, 0.25) is 0 Å². The summed E-state index contributed by atoms with van der Waals surface area (Å²) in [6.07, 6.45) is 8.82. The van der Waals surface area contributed by atoms with E-state index in [1.807, 2.05) is 0 Å². The smallest absolute Gasteiger partial charge is 0.135 e. The topological polar surface area (TPSA) is 17.1 Å². The number of carbonyl (C=O) groups is 1. The van der Waals surface area contributed by atoms with Crippen LogP contribution in [0.5, 0.6) is 0 Å². The van der Waals surface area contributed by atoms with Gasteiger partial charge in [-0.15, -0.1) is 11.6 Å². The second-order valence-corrected chi connectivity index (χ2v) is 4.33. The van der Waals surface area contributed by atoms with Crippen LogP contribution in [0.15, 0.2) is 0 Å². The molecule has 0 aromatic heterocycles. The molecule has 13 heavy (non-hydrogen) atoms. The maximum atomic E-state index is 11.6. The van der Waals surface area contributed by atoms with Gasteiger partial charge in [-0.1, -0.05) is 19.3 Å². The summed E-state index contributed by atoms with van der Waals surface area (Å²) in [5.74, 6) is 1.61. The molecule has 1 aliphatic carbocycles. The molecule has 0 aliphatic heterocycles. The molecule has 0 saturated heterocycles. The summed E-state index contributed by atoms with van der Waals surface area (Å²) in [4.78, 5) is 11.6. The predicted octanol–water partition coefficient (Wildman–Crippen LogP) is 3.54. The average Bonchev–Trinajstić information content (AvgIpc) is 2.32. The molecule has 0 N–H and O–H groups in total. The van der Waals surface area contributed by atoms with Crippen molar-refractivity contribution in [3.8, 4) is 0 Å². The van der Waals surface area contributed by atoms with Crippen LogP contribution in [0, 0.1) is 5.92 Å². The van der Waals surface area contributed by atoms with E-state index in [1.165, 1.54) is 12.8 Å². The molecule has 1 fully saturated rings. The van der Waals surface area contributed by atoms with E-state index in [-0.39, 0.29) is 0 Å². The molecular weight excluding hydrogens is 184 g/mol. The number of halogens is 1. The number of rotatable bonds is 4. The predicted molar refractivity (Wildman–Crippen MR) is 56.2 cm³/mol. The first-order chi connectivity index (χ1) is 6.34. The lowest BCUT2D eigenvalue weighted by atomic mass is 9.93. The second-order valence-electron chi connectivity index (χ2n) is 3.95. The van der Waals surface area contributed by atoms with Gasteiger partial charge < -0.3 is 0 Å². The molecule has 0 aromatic rings. The zero-order chi connectivity index (χ0) is 9.52. The van der Waals surface area contributed by atoms with Gasteiger partial charge in [-0.05, 0) is 25.7 Å². The summed E-state index contributed by atoms with van der Waals surface area (Å²) >= 11 is 5.60. The first kappa shape index (κ1) is 11.0. The van der Waals surface area contributed by atoms with Gasteiger partial charge >= 0.3 is 0 Å². The Morgan fingerprint density at radius 3 is 2.85 bits per heavy atom. The molecule has 2 heteroatoms. The number of ketones is 1. The zero-order valence-electron chi connectivity index (χ0n) is 8.23. The highest BCUT2D eigenvalue weighted by Gasteiger charge is 2.19. The Morgan fingerprint density at radius 2 is 2.08 bits per heavy atom. The molecule has 76 valence electrons. The fraction of sp³-hybridized carbons (Fsp3) is 0.909. The Kier molecular flexibility index (Phi) is 5.45. The van der Waals surface area contributed by atoms with E-state index >= 15 is 0 Å². The molecule has 1 rings (SSSR count). The van der Waals surface area contributed by atoms with Gasteiger partial charge in [0.1, 0.15) is 5.78 Å². The molecular formula is C11H19ClO. The van der Waals surface area contributed by atoms with Crippen molar-refractivity contribution in [1.82, 2.24) is 0 Å². The summed E-state index contributed by atoms with van der Waals surface area (Å²) in [6, 6.07) is 0. The number of alkyl halides is 1. The third-order valence-electron chi connectivity index (χ3n) is 2.87. The summed E-state index contributed by atoms with van der Waals surface area (Å²) in [5.41, 5.74) is 0. The van der Waals surface area contributed by atoms with Crippen molar-refractivity contribution in [2.75, 3.05) is 5.88 Å². The minimum atomic E-state index is 0.366. The molecule has 0 heterocycles. The molecule has 1 nitrogen and oxygen atoms in total. The van der Waals surface area contributed by atoms with Crippen LogP contribution in [-0.2, 0) is 4.79 Å². The SMILES string of the molecule is O=C1CCCCCC1CCCCCl. The minimum Gasteiger partial charge on any atom is -0.299 e. The highest BCUT2D eigenvalue weighted by molar-refractivity contribution is 6.17. The number of carbonyl (C=O) groups excluding carboxylic acids is 1. The van der Waals surface area contributed by atoms with E-state index in [0.717, 1.165) is 44.4 Å². The van der Waals surface area contributed by atoms with Crippen LogP contribution in [0.4, 0.5) is 0 Å². The van der Waals surface area contributed by atoms with E-state index in [2.05, 4.69) is 0 Å². The van der Waals surface area contributed by atoms with Gasteiger partial charge in [-0.2, -0.15) is 0 Å². The molecule has 0 radical (unpaired) electrons. The van der Waals surface area contributed by atoms with E-state index < -0.39 is 0 Å². The normalized spacial score (nSPS) is 24.4. The summed E-state index contributed by atoms with van der Waals surface area (Å²) in [5, 5.41) is 0. The quantitative estimate of drug-likeness (QED) is 0.387. The van der Waals surface area contributed by atoms with E-state index in [9.17, 15) is 4.79 Å². The van der Waals surface area contributed by atoms with Crippen molar-refractivity contribution in [2.24, 2.45) is 5.92 Å². The maximum absolute atomic E-state index is 11.6. The summed E-state index contributed by atoms with van der Waals surface area (Å²) in [6.45, 7) is 0. The molecule has 0 bridgehead atoms. The Hall–Kier alpha value is -0.0400. The van der Waals surface area contributed by atoms with Gasteiger partial charge in [-0.25, -0.2) is 0 Å². The highest BCUT2D eigenvalue weighted by Crippen LogP contribution is 2.24. The zero-order valence-corrected chi connectivity index (χ0v) is 8.98. The van der Waals surface area contributed by atoms with Gasteiger partial charge in [0, 0.05) is 18.2 Å². The number of unbranched alkanes of at least 4 members (excludes halogenated alkanes) is 1. The lowest BCUT2D eigenvalue weighted by Gasteiger charge is -2.11. The number of hydrogen-bond acceptors (Lipinski definition) is 1. The van der Waals surface area contributed by atoms with Crippen LogP contribution >= 0.6 is 11.6 Å². The third kappa shape index (κ3) is 4.12. The summed E-state index contributed by atoms with van der Waals surface area (Å²) in [7, 11) is 0. The van der Waals surface area contributed by atoms with Gasteiger partial charge in [-0.3, -0.25) is 4.79 Å². The van der Waals surface area contributed by atoms with E-state index in [1.54, 1.807) is 0 Å². The Balaban J connectivity index is 2.24. The maximum Gasteiger partial charge on any atom is 0.135 e.